The number of carbonyl (C=O) groups excluding carboxylic acids is 2. The summed E-state index contributed by atoms with van der Waals surface area (Å²) in [5.41, 5.74) is 3.62. The molecule has 1 aromatic heterocycles. The van der Waals surface area contributed by atoms with Crippen LogP contribution in [0.15, 0.2) is 78.4 Å². The van der Waals surface area contributed by atoms with Crippen LogP contribution in [-0.2, 0) is 17.9 Å². The minimum atomic E-state index is -1.03. The molecule has 1 aliphatic heterocycles. The number of rotatable bonds is 7. The summed E-state index contributed by atoms with van der Waals surface area (Å²) in [6.07, 6.45) is 7.71. The molecule has 3 aromatic rings. The molecule has 2 amide bonds. The first-order chi connectivity index (χ1) is 17.0. The second-order valence-corrected chi connectivity index (χ2v) is 9.70. The lowest BCUT2D eigenvalue weighted by Gasteiger charge is -2.43. The Morgan fingerprint density at radius 2 is 1.80 bits per heavy atom. The maximum absolute atomic E-state index is 13.8. The van der Waals surface area contributed by atoms with Crippen LogP contribution < -0.4 is 5.32 Å². The summed E-state index contributed by atoms with van der Waals surface area (Å²) in [4.78, 5) is 29.2. The van der Waals surface area contributed by atoms with Crippen molar-refractivity contribution in [3.8, 4) is 11.3 Å². The van der Waals surface area contributed by atoms with Gasteiger partial charge in [0.25, 0.3) is 5.91 Å². The highest BCUT2D eigenvalue weighted by Crippen LogP contribution is 2.31. The predicted molar refractivity (Wildman–Crippen MR) is 137 cm³/mol. The standard InChI is InChI=1S/C29H32N4O2/c1-29(28(35)30-20-23-13-7-3-8-14-23)21-33-26(19-25(31-33)24-15-9-4-10-16-24)27(34)32(29)18-17-22-11-5-2-6-12-22/h3-4,7-11,13-16,19H,2,5-6,12,17-18,20-21H2,1H3,(H,30,35)/t29-/m1/s1. The first kappa shape index (κ1) is 23.1. The van der Waals surface area contributed by atoms with Crippen molar-refractivity contribution >= 4 is 11.8 Å². The number of hydrogen-bond acceptors (Lipinski definition) is 3. The number of fused-ring (bicyclic) bond motifs is 1. The van der Waals surface area contributed by atoms with E-state index >= 15 is 0 Å². The fourth-order valence-corrected chi connectivity index (χ4v) is 5.10. The Kier molecular flexibility index (Phi) is 6.53. The summed E-state index contributed by atoms with van der Waals surface area (Å²) in [6.45, 7) is 3.13. The number of amides is 2. The number of allylic oxidation sites excluding steroid dienone is 1. The average molecular weight is 469 g/mol. The first-order valence-corrected chi connectivity index (χ1v) is 12.5. The normalized spacial score (nSPS) is 19.7. The molecule has 2 heterocycles. The Balaban J connectivity index is 1.43. The molecule has 0 bridgehead atoms. The number of benzene rings is 2. The Morgan fingerprint density at radius 1 is 1.06 bits per heavy atom. The molecule has 1 N–H and O–H groups in total. The Hall–Kier alpha value is -3.67. The fraction of sp³-hybridized carbons (Fsp3) is 0.345. The van der Waals surface area contributed by atoms with Gasteiger partial charge in [0.1, 0.15) is 11.2 Å². The summed E-state index contributed by atoms with van der Waals surface area (Å²) in [5.74, 6) is -0.297. The zero-order valence-corrected chi connectivity index (χ0v) is 20.2. The molecule has 0 spiro atoms. The van der Waals surface area contributed by atoms with Crippen LogP contribution >= 0.6 is 0 Å². The summed E-state index contributed by atoms with van der Waals surface area (Å²) in [6, 6.07) is 21.5. The summed E-state index contributed by atoms with van der Waals surface area (Å²) in [5, 5.41) is 7.81. The molecule has 0 saturated carbocycles. The molecule has 1 atom stereocenters. The smallest absolute Gasteiger partial charge is 0.273 e. The Bertz CT molecular complexity index is 1230. The second-order valence-electron chi connectivity index (χ2n) is 9.70. The number of carbonyl (C=O) groups is 2. The fourth-order valence-electron chi connectivity index (χ4n) is 5.10. The second kappa shape index (κ2) is 9.90. The van der Waals surface area contributed by atoms with Crippen molar-refractivity contribution in [1.29, 1.82) is 0 Å². The van der Waals surface area contributed by atoms with E-state index in [-0.39, 0.29) is 11.8 Å². The van der Waals surface area contributed by atoms with E-state index in [9.17, 15) is 9.59 Å². The number of nitrogens with zero attached hydrogens (tertiary/aromatic N) is 3. The lowest BCUT2D eigenvalue weighted by molar-refractivity contribution is -0.133. The molecule has 0 radical (unpaired) electrons. The van der Waals surface area contributed by atoms with Crippen LogP contribution in [-0.4, -0.2) is 38.6 Å². The van der Waals surface area contributed by atoms with Gasteiger partial charge in [0.05, 0.1) is 12.2 Å². The molecule has 35 heavy (non-hydrogen) atoms. The largest absolute Gasteiger partial charge is 0.350 e. The Labute approximate surface area is 206 Å². The van der Waals surface area contributed by atoms with Crippen molar-refractivity contribution in [2.45, 2.75) is 57.7 Å². The molecule has 2 aliphatic rings. The van der Waals surface area contributed by atoms with Gasteiger partial charge in [0, 0.05) is 18.7 Å². The highest BCUT2D eigenvalue weighted by Gasteiger charge is 2.47. The van der Waals surface area contributed by atoms with Crippen molar-refractivity contribution in [2.24, 2.45) is 0 Å². The van der Waals surface area contributed by atoms with E-state index in [1.54, 1.807) is 9.58 Å². The van der Waals surface area contributed by atoms with Crippen LogP contribution in [0.5, 0.6) is 0 Å². The number of hydrogen-bond donors (Lipinski definition) is 1. The van der Waals surface area contributed by atoms with Gasteiger partial charge in [-0.2, -0.15) is 5.10 Å². The molecule has 180 valence electrons. The molecule has 1 aliphatic carbocycles. The van der Waals surface area contributed by atoms with Crippen molar-refractivity contribution in [3.63, 3.8) is 0 Å². The maximum atomic E-state index is 13.8. The molecule has 5 rings (SSSR count). The third-order valence-electron chi connectivity index (χ3n) is 7.19. The highest BCUT2D eigenvalue weighted by atomic mass is 16.2. The molecular weight excluding hydrogens is 436 g/mol. The summed E-state index contributed by atoms with van der Waals surface area (Å²) >= 11 is 0. The Morgan fingerprint density at radius 3 is 2.51 bits per heavy atom. The van der Waals surface area contributed by atoms with E-state index in [4.69, 9.17) is 5.10 Å². The van der Waals surface area contributed by atoms with Gasteiger partial charge in [-0.15, -0.1) is 0 Å². The molecule has 0 fully saturated rings. The monoisotopic (exact) mass is 468 g/mol. The predicted octanol–water partition coefficient (Wildman–Crippen LogP) is 4.97. The van der Waals surface area contributed by atoms with Crippen molar-refractivity contribution in [3.05, 3.63) is 89.6 Å². The van der Waals surface area contributed by atoms with Crippen LogP contribution in [0, 0.1) is 0 Å². The number of nitrogens with one attached hydrogen (secondary N) is 1. The van der Waals surface area contributed by atoms with Gasteiger partial charge in [0.2, 0.25) is 5.91 Å². The van der Waals surface area contributed by atoms with Crippen LogP contribution in [0.1, 0.15) is 55.1 Å². The molecule has 0 unspecified atom stereocenters. The molecule has 0 saturated heterocycles. The SMILES string of the molecule is C[C@]1(C(=O)NCc2ccccc2)Cn2nc(-c3ccccc3)cc2C(=O)N1CCC1=CCCCC1. The van der Waals surface area contributed by atoms with Crippen LogP contribution in [0.3, 0.4) is 0 Å². The van der Waals surface area contributed by atoms with E-state index in [1.165, 1.54) is 18.4 Å². The van der Waals surface area contributed by atoms with Gasteiger partial charge in [0.15, 0.2) is 0 Å². The quantitative estimate of drug-likeness (QED) is 0.498. The lowest BCUT2D eigenvalue weighted by atomic mass is 9.92. The maximum Gasteiger partial charge on any atom is 0.273 e. The summed E-state index contributed by atoms with van der Waals surface area (Å²) < 4.78 is 1.71. The van der Waals surface area contributed by atoms with Gasteiger partial charge < -0.3 is 10.2 Å². The van der Waals surface area contributed by atoms with Crippen molar-refractivity contribution < 1.29 is 9.59 Å². The average Bonchev–Trinajstić information content (AvgIpc) is 3.33. The van der Waals surface area contributed by atoms with Crippen molar-refractivity contribution in [1.82, 2.24) is 20.0 Å². The highest BCUT2D eigenvalue weighted by molar-refractivity contribution is 6.00. The van der Waals surface area contributed by atoms with Gasteiger partial charge in [-0.1, -0.05) is 72.3 Å². The van der Waals surface area contributed by atoms with E-state index in [1.807, 2.05) is 73.7 Å². The van der Waals surface area contributed by atoms with Gasteiger partial charge in [-0.05, 0) is 50.7 Å². The van der Waals surface area contributed by atoms with Gasteiger partial charge in [-0.3, -0.25) is 14.3 Å². The number of aromatic nitrogens is 2. The zero-order chi connectivity index (χ0) is 24.3. The lowest BCUT2D eigenvalue weighted by Crippen LogP contribution is -2.64. The van der Waals surface area contributed by atoms with Crippen LogP contribution in [0.2, 0.25) is 0 Å². The third kappa shape index (κ3) is 4.78. The van der Waals surface area contributed by atoms with E-state index in [2.05, 4.69) is 11.4 Å². The van der Waals surface area contributed by atoms with Crippen LogP contribution in [0.4, 0.5) is 0 Å². The van der Waals surface area contributed by atoms with Gasteiger partial charge in [-0.25, -0.2) is 0 Å². The molecule has 2 aromatic carbocycles. The van der Waals surface area contributed by atoms with Crippen LogP contribution in [0.25, 0.3) is 11.3 Å². The van der Waals surface area contributed by atoms with E-state index in [0.717, 1.165) is 36.1 Å². The topological polar surface area (TPSA) is 67.2 Å². The van der Waals surface area contributed by atoms with E-state index < -0.39 is 5.54 Å². The minimum Gasteiger partial charge on any atom is -0.350 e. The zero-order valence-electron chi connectivity index (χ0n) is 20.2. The van der Waals surface area contributed by atoms with E-state index in [0.29, 0.717) is 25.3 Å². The minimum absolute atomic E-state index is 0.139. The van der Waals surface area contributed by atoms with Crippen molar-refractivity contribution in [2.75, 3.05) is 6.54 Å². The molecular formula is C29H32N4O2. The van der Waals surface area contributed by atoms with Gasteiger partial charge >= 0.3 is 0 Å². The third-order valence-corrected chi connectivity index (χ3v) is 7.19. The molecule has 6 nitrogen and oxygen atoms in total. The molecule has 6 heteroatoms. The first-order valence-electron chi connectivity index (χ1n) is 12.5. The summed E-state index contributed by atoms with van der Waals surface area (Å²) in [7, 11) is 0.